The molecular weight excluding hydrogens is 326 g/mol. The molecule has 0 amide bonds. The van der Waals surface area contributed by atoms with Crippen LogP contribution in [0.15, 0.2) is 35.4 Å². The van der Waals surface area contributed by atoms with Gasteiger partial charge in [-0.15, -0.1) is 0 Å². The molecule has 0 radical (unpaired) electrons. The summed E-state index contributed by atoms with van der Waals surface area (Å²) in [5, 5.41) is 3.06. The highest BCUT2D eigenvalue weighted by Crippen LogP contribution is 2.31. The maximum absolute atomic E-state index is 12.4. The molecule has 0 aromatic rings. The van der Waals surface area contributed by atoms with Gasteiger partial charge in [0.25, 0.3) is 0 Å². The summed E-state index contributed by atoms with van der Waals surface area (Å²) in [6.07, 6.45) is 1.33. The molecule has 0 saturated carbocycles. The second-order valence-electron chi connectivity index (χ2n) is 5.31. The van der Waals surface area contributed by atoms with E-state index in [-0.39, 0.29) is 19.8 Å². The standard InChI is InChI=1S/C18H27NO6/c1-6-22-9-10-23-11-14-15(17(20)24-7-2)12(4)19-13(5)16(14)18(21)25-8-3/h6,14,19H,1,7-11H2,2-5H3. The van der Waals surface area contributed by atoms with Gasteiger partial charge in [-0.3, -0.25) is 0 Å². The van der Waals surface area contributed by atoms with Crippen LogP contribution in [-0.2, 0) is 28.5 Å². The van der Waals surface area contributed by atoms with Gasteiger partial charge in [-0.1, -0.05) is 6.58 Å². The van der Waals surface area contributed by atoms with Crippen molar-refractivity contribution in [2.24, 2.45) is 5.92 Å². The molecule has 0 saturated heterocycles. The molecule has 0 aromatic heterocycles. The molecule has 25 heavy (non-hydrogen) atoms. The van der Waals surface area contributed by atoms with E-state index in [0.717, 1.165) is 0 Å². The molecule has 0 unspecified atom stereocenters. The summed E-state index contributed by atoms with van der Waals surface area (Å²) in [5.41, 5.74) is 2.03. The third kappa shape index (κ3) is 5.63. The lowest BCUT2D eigenvalue weighted by molar-refractivity contribution is -0.140. The minimum Gasteiger partial charge on any atom is -0.499 e. The van der Waals surface area contributed by atoms with Crippen LogP contribution >= 0.6 is 0 Å². The number of rotatable bonds is 10. The molecule has 1 heterocycles. The summed E-state index contributed by atoms with van der Waals surface area (Å²) in [7, 11) is 0. The third-order valence-electron chi connectivity index (χ3n) is 3.62. The van der Waals surface area contributed by atoms with Crippen LogP contribution < -0.4 is 5.32 Å². The number of ether oxygens (including phenoxy) is 4. The molecule has 0 atom stereocenters. The van der Waals surface area contributed by atoms with Gasteiger partial charge in [-0.2, -0.15) is 0 Å². The predicted molar refractivity (Wildman–Crippen MR) is 92.3 cm³/mol. The first kappa shape index (κ1) is 20.8. The first-order chi connectivity index (χ1) is 12.0. The molecule has 1 rings (SSSR count). The van der Waals surface area contributed by atoms with Crippen LogP contribution in [0.25, 0.3) is 0 Å². The molecule has 0 spiro atoms. The number of dihydropyridines is 1. The minimum atomic E-state index is -0.567. The highest BCUT2D eigenvalue weighted by Gasteiger charge is 2.36. The van der Waals surface area contributed by atoms with Gasteiger partial charge in [0.15, 0.2) is 0 Å². The van der Waals surface area contributed by atoms with Gasteiger partial charge in [-0.05, 0) is 27.7 Å². The zero-order valence-corrected chi connectivity index (χ0v) is 15.3. The van der Waals surface area contributed by atoms with E-state index in [1.165, 1.54) is 6.26 Å². The van der Waals surface area contributed by atoms with Crippen LogP contribution in [0, 0.1) is 5.92 Å². The average molecular weight is 353 g/mol. The number of allylic oxidation sites excluding steroid dienone is 2. The normalized spacial score (nSPS) is 14.9. The van der Waals surface area contributed by atoms with E-state index in [4.69, 9.17) is 18.9 Å². The van der Waals surface area contributed by atoms with E-state index in [0.29, 0.717) is 35.8 Å². The molecular formula is C18H27NO6. The van der Waals surface area contributed by atoms with E-state index in [1.807, 2.05) is 0 Å². The Kier molecular flexibility index (Phi) is 8.77. The monoisotopic (exact) mass is 353 g/mol. The van der Waals surface area contributed by atoms with E-state index in [2.05, 4.69) is 11.9 Å². The Hall–Kier alpha value is -2.28. The van der Waals surface area contributed by atoms with E-state index in [9.17, 15) is 9.59 Å². The smallest absolute Gasteiger partial charge is 0.336 e. The Morgan fingerprint density at radius 1 is 1.04 bits per heavy atom. The van der Waals surface area contributed by atoms with Gasteiger partial charge in [-0.25, -0.2) is 9.59 Å². The molecule has 1 aliphatic heterocycles. The summed E-state index contributed by atoms with van der Waals surface area (Å²) in [4.78, 5) is 24.8. The number of carbonyl (C=O) groups excluding carboxylic acids is 2. The van der Waals surface area contributed by atoms with Crippen molar-refractivity contribution in [1.82, 2.24) is 5.32 Å². The van der Waals surface area contributed by atoms with Crippen molar-refractivity contribution >= 4 is 11.9 Å². The second kappa shape index (κ2) is 10.6. The molecule has 7 heteroatoms. The van der Waals surface area contributed by atoms with Crippen molar-refractivity contribution in [2.45, 2.75) is 27.7 Å². The first-order valence-electron chi connectivity index (χ1n) is 8.30. The summed E-state index contributed by atoms with van der Waals surface area (Å²) < 4.78 is 20.9. The Labute approximate surface area is 148 Å². The average Bonchev–Trinajstić information content (AvgIpc) is 2.54. The van der Waals surface area contributed by atoms with E-state index >= 15 is 0 Å². The van der Waals surface area contributed by atoms with Crippen LogP contribution in [0.2, 0.25) is 0 Å². The zero-order chi connectivity index (χ0) is 18.8. The van der Waals surface area contributed by atoms with Crippen molar-refractivity contribution in [3.63, 3.8) is 0 Å². The zero-order valence-electron chi connectivity index (χ0n) is 15.3. The molecule has 7 nitrogen and oxygen atoms in total. The fourth-order valence-corrected chi connectivity index (χ4v) is 2.65. The lowest BCUT2D eigenvalue weighted by Gasteiger charge is -2.29. The summed E-state index contributed by atoms with van der Waals surface area (Å²) >= 11 is 0. The minimum absolute atomic E-state index is 0.138. The van der Waals surface area contributed by atoms with Crippen molar-refractivity contribution in [3.8, 4) is 0 Å². The molecule has 1 N–H and O–H groups in total. The van der Waals surface area contributed by atoms with Crippen molar-refractivity contribution in [2.75, 3.05) is 33.0 Å². The highest BCUT2D eigenvalue weighted by atomic mass is 16.5. The SMILES string of the molecule is C=COCCOCC1C(C(=O)OCC)=C(C)NC(C)=C1C(=O)OCC. The van der Waals surface area contributed by atoms with Gasteiger partial charge >= 0.3 is 11.9 Å². The number of carbonyl (C=O) groups is 2. The second-order valence-corrected chi connectivity index (χ2v) is 5.31. The summed E-state index contributed by atoms with van der Waals surface area (Å²) in [6, 6.07) is 0. The number of nitrogens with one attached hydrogen (secondary N) is 1. The largest absolute Gasteiger partial charge is 0.499 e. The van der Waals surface area contributed by atoms with Crippen molar-refractivity contribution < 1.29 is 28.5 Å². The third-order valence-corrected chi connectivity index (χ3v) is 3.62. The Morgan fingerprint density at radius 3 is 2.00 bits per heavy atom. The predicted octanol–water partition coefficient (Wildman–Crippen LogP) is 2.06. The topological polar surface area (TPSA) is 83.1 Å². The van der Waals surface area contributed by atoms with Gasteiger partial charge in [0.2, 0.25) is 0 Å². The van der Waals surface area contributed by atoms with Crippen LogP contribution in [0.5, 0.6) is 0 Å². The summed E-state index contributed by atoms with van der Waals surface area (Å²) in [6.45, 7) is 11.7. The fraction of sp³-hybridized carbons (Fsp3) is 0.556. The molecule has 0 bridgehead atoms. The quantitative estimate of drug-likeness (QED) is 0.366. The first-order valence-corrected chi connectivity index (χ1v) is 8.30. The molecule has 0 aromatic carbocycles. The molecule has 0 fully saturated rings. The van der Waals surface area contributed by atoms with Gasteiger partial charge in [0, 0.05) is 11.4 Å². The fourth-order valence-electron chi connectivity index (χ4n) is 2.65. The van der Waals surface area contributed by atoms with Crippen LogP contribution in [-0.4, -0.2) is 45.0 Å². The lowest BCUT2D eigenvalue weighted by atomic mass is 9.86. The Bertz CT molecular complexity index is 524. The van der Waals surface area contributed by atoms with Crippen LogP contribution in [0.3, 0.4) is 0 Å². The van der Waals surface area contributed by atoms with E-state index < -0.39 is 17.9 Å². The Morgan fingerprint density at radius 2 is 1.56 bits per heavy atom. The highest BCUT2D eigenvalue weighted by molar-refractivity contribution is 5.97. The van der Waals surface area contributed by atoms with Crippen LogP contribution in [0.4, 0.5) is 0 Å². The number of hydrogen-bond acceptors (Lipinski definition) is 7. The lowest BCUT2D eigenvalue weighted by Crippen LogP contribution is -2.36. The molecule has 0 aliphatic carbocycles. The van der Waals surface area contributed by atoms with Gasteiger partial charge < -0.3 is 24.3 Å². The van der Waals surface area contributed by atoms with Gasteiger partial charge in [0.1, 0.15) is 6.61 Å². The van der Waals surface area contributed by atoms with Crippen molar-refractivity contribution in [1.29, 1.82) is 0 Å². The molecule has 1 aliphatic rings. The van der Waals surface area contributed by atoms with Gasteiger partial charge in [0.05, 0.1) is 49.8 Å². The summed E-state index contributed by atoms with van der Waals surface area (Å²) in [5.74, 6) is -1.52. The van der Waals surface area contributed by atoms with Crippen LogP contribution in [0.1, 0.15) is 27.7 Å². The Balaban J connectivity index is 3.07. The molecule has 140 valence electrons. The maximum atomic E-state index is 12.4. The maximum Gasteiger partial charge on any atom is 0.336 e. The van der Waals surface area contributed by atoms with Crippen molar-refractivity contribution in [3.05, 3.63) is 35.4 Å². The number of hydrogen-bond donors (Lipinski definition) is 1. The number of esters is 2. The van der Waals surface area contributed by atoms with E-state index in [1.54, 1.807) is 27.7 Å².